The zero-order valence-electron chi connectivity index (χ0n) is 9.43. The van der Waals surface area contributed by atoms with E-state index in [2.05, 4.69) is 0 Å². The van der Waals surface area contributed by atoms with Crippen molar-refractivity contribution >= 4 is 35.0 Å². The molecular weight excluding hydrogens is 251 g/mol. The Bertz CT molecular complexity index is 314. The maximum Gasteiger partial charge on any atom is 0.303 e. The predicted molar refractivity (Wildman–Crippen MR) is 62.8 cm³/mol. The molecule has 0 aromatic rings. The molecule has 92 valence electrons. The van der Waals surface area contributed by atoms with Crippen molar-refractivity contribution in [3.63, 3.8) is 0 Å². The first-order valence-electron chi connectivity index (χ1n) is 5.28. The SMILES string of the molecule is CC(=O)CC[C@H](CC(=O)O)[C@@]1(C)CC1(Cl)Cl. The van der Waals surface area contributed by atoms with E-state index in [4.69, 9.17) is 28.3 Å². The fraction of sp³-hybridized carbons (Fsp3) is 0.818. The van der Waals surface area contributed by atoms with Gasteiger partial charge in [0.05, 0.1) is 0 Å². The highest BCUT2D eigenvalue weighted by molar-refractivity contribution is 6.51. The molecule has 1 rings (SSSR count). The Kier molecular flexibility index (Phi) is 3.91. The molecule has 0 spiro atoms. The molecule has 0 amide bonds. The maximum absolute atomic E-state index is 10.9. The molecule has 1 N–H and O–H groups in total. The average Bonchev–Trinajstić information content (AvgIpc) is 2.60. The predicted octanol–water partition coefficient (Wildman–Crippen LogP) is 3.03. The van der Waals surface area contributed by atoms with Crippen molar-refractivity contribution in [1.82, 2.24) is 0 Å². The normalized spacial score (nSPS) is 28.5. The number of carbonyl (C=O) groups excluding carboxylic acids is 1. The Labute approximate surface area is 105 Å². The second-order valence-electron chi connectivity index (χ2n) is 4.83. The van der Waals surface area contributed by atoms with E-state index in [-0.39, 0.29) is 23.5 Å². The lowest BCUT2D eigenvalue weighted by Gasteiger charge is -2.23. The summed E-state index contributed by atoms with van der Waals surface area (Å²) in [6.45, 7) is 3.39. The van der Waals surface area contributed by atoms with Crippen molar-refractivity contribution in [2.75, 3.05) is 0 Å². The Balaban J connectivity index is 2.65. The van der Waals surface area contributed by atoms with E-state index in [1.165, 1.54) is 6.92 Å². The maximum atomic E-state index is 10.9. The molecule has 0 unspecified atom stereocenters. The number of aliphatic carboxylic acids is 1. The highest BCUT2D eigenvalue weighted by atomic mass is 35.5. The van der Waals surface area contributed by atoms with E-state index >= 15 is 0 Å². The lowest BCUT2D eigenvalue weighted by atomic mass is 9.83. The van der Waals surface area contributed by atoms with E-state index in [0.29, 0.717) is 19.3 Å². The van der Waals surface area contributed by atoms with Crippen molar-refractivity contribution in [3.05, 3.63) is 0 Å². The van der Waals surface area contributed by atoms with Crippen LogP contribution in [0.3, 0.4) is 0 Å². The molecule has 0 aromatic carbocycles. The number of alkyl halides is 2. The monoisotopic (exact) mass is 266 g/mol. The molecule has 1 aliphatic carbocycles. The number of ketones is 1. The largest absolute Gasteiger partial charge is 0.481 e. The molecule has 0 aliphatic heterocycles. The van der Waals surface area contributed by atoms with Crippen LogP contribution >= 0.6 is 23.2 Å². The van der Waals surface area contributed by atoms with E-state index in [1.54, 1.807) is 0 Å². The van der Waals surface area contributed by atoms with Crippen LogP contribution in [0.25, 0.3) is 0 Å². The third-order valence-corrected chi connectivity index (χ3v) is 4.60. The number of hydrogen-bond acceptors (Lipinski definition) is 2. The summed E-state index contributed by atoms with van der Waals surface area (Å²) in [7, 11) is 0. The molecule has 1 saturated carbocycles. The second-order valence-corrected chi connectivity index (χ2v) is 6.32. The van der Waals surface area contributed by atoms with Gasteiger partial charge >= 0.3 is 5.97 Å². The minimum absolute atomic E-state index is 0.0188. The number of hydrogen-bond donors (Lipinski definition) is 1. The van der Waals surface area contributed by atoms with Gasteiger partial charge in [-0.1, -0.05) is 6.92 Å². The number of carbonyl (C=O) groups is 2. The average molecular weight is 267 g/mol. The van der Waals surface area contributed by atoms with Gasteiger partial charge in [0.2, 0.25) is 0 Å². The molecule has 0 heterocycles. The van der Waals surface area contributed by atoms with Crippen LogP contribution in [-0.4, -0.2) is 21.2 Å². The molecule has 0 aromatic heterocycles. The van der Waals surface area contributed by atoms with E-state index in [1.807, 2.05) is 6.92 Å². The topological polar surface area (TPSA) is 54.4 Å². The van der Waals surface area contributed by atoms with Crippen LogP contribution in [0.2, 0.25) is 0 Å². The summed E-state index contributed by atoms with van der Waals surface area (Å²) in [5, 5.41) is 8.84. The Morgan fingerprint density at radius 2 is 1.94 bits per heavy atom. The first-order chi connectivity index (χ1) is 7.19. The minimum atomic E-state index is -0.870. The third kappa shape index (κ3) is 2.89. The van der Waals surface area contributed by atoms with Crippen molar-refractivity contribution in [2.45, 2.75) is 43.9 Å². The molecule has 16 heavy (non-hydrogen) atoms. The van der Waals surface area contributed by atoms with Crippen LogP contribution in [0, 0.1) is 11.3 Å². The van der Waals surface area contributed by atoms with Crippen LogP contribution in [0.15, 0.2) is 0 Å². The lowest BCUT2D eigenvalue weighted by Crippen LogP contribution is -2.22. The number of carboxylic acids is 1. The standard InChI is InChI=1S/C11H16Cl2O3/c1-7(14)3-4-8(5-9(15)16)10(2)6-11(10,12)13/h8H,3-6H2,1-2H3,(H,15,16)/t8-,10-/m1/s1. The van der Waals surface area contributed by atoms with Gasteiger partial charge in [-0.25, -0.2) is 0 Å². The molecule has 0 bridgehead atoms. The van der Waals surface area contributed by atoms with Crippen molar-refractivity contribution in [2.24, 2.45) is 11.3 Å². The number of carboxylic acid groups (broad SMARTS) is 1. The van der Waals surface area contributed by atoms with Gasteiger partial charge < -0.3 is 9.90 Å². The zero-order valence-corrected chi connectivity index (χ0v) is 10.9. The van der Waals surface area contributed by atoms with E-state index in [0.717, 1.165) is 0 Å². The number of halogens is 2. The second kappa shape index (κ2) is 4.53. The summed E-state index contributed by atoms with van der Waals surface area (Å²) in [4.78, 5) is 21.7. The first kappa shape index (κ1) is 13.8. The summed E-state index contributed by atoms with van der Waals surface area (Å²) in [5.41, 5.74) is -0.371. The Morgan fingerprint density at radius 1 is 1.44 bits per heavy atom. The van der Waals surface area contributed by atoms with Crippen LogP contribution in [-0.2, 0) is 9.59 Å². The lowest BCUT2D eigenvalue weighted by molar-refractivity contribution is -0.139. The Hall–Kier alpha value is -0.280. The van der Waals surface area contributed by atoms with E-state index in [9.17, 15) is 9.59 Å². The quantitative estimate of drug-likeness (QED) is 0.752. The van der Waals surface area contributed by atoms with Gasteiger partial charge in [-0.2, -0.15) is 0 Å². The van der Waals surface area contributed by atoms with Gasteiger partial charge in [0.25, 0.3) is 0 Å². The van der Waals surface area contributed by atoms with Crippen LogP contribution in [0.1, 0.15) is 39.5 Å². The summed E-state index contributed by atoms with van der Waals surface area (Å²) in [6.07, 6.45) is 1.54. The fourth-order valence-electron chi connectivity index (χ4n) is 2.09. The summed E-state index contributed by atoms with van der Waals surface area (Å²) < 4.78 is -0.829. The third-order valence-electron chi connectivity index (χ3n) is 3.47. The van der Waals surface area contributed by atoms with Crippen molar-refractivity contribution < 1.29 is 14.7 Å². The summed E-state index contributed by atoms with van der Waals surface area (Å²) in [5.74, 6) is -0.941. The first-order valence-corrected chi connectivity index (χ1v) is 6.04. The van der Waals surface area contributed by atoms with Crippen molar-refractivity contribution in [1.29, 1.82) is 0 Å². The summed E-state index contributed by atoms with van der Waals surface area (Å²) in [6, 6.07) is 0. The van der Waals surface area contributed by atoms with Gasteiger partial charge in [0, 0.05) is 18.3 Å². The molecule has 1 fully saturated rings. The molecule has 0 radical (unpaired) electrons. The Morgan fingerprint density at radius 3 is 2.25 bits per heavy atom. The molecule has 5 heteroatoms. The van der Waals surface area contributed by atoms with Gasteiger partial charge in [-0.05, 0) is 25.7 Å². The molecular formula is C11H16Cl2O3. The van der Waals surface area contributed by atoms with Gasteiger partial charge in [-0.3, -0.25) is 4.79 Å². The summed E-state index contributed by atoms with van der Waals surface area (Å²) >= 11 is 12.1. The zero-order chi connectivity index (χ0) is 12.6. The van der Waals surface area contributed by atoms with Crippen LogP contribution in [0.5, 0.6) is 0 Å². The highest BCUT2D eigenvalue weighted by Gasteiger charge is 2.66. The highest BCUT2D eigenvalue weighted by Crippen LogP contribution is 2.68. The molecule has 0 saturated heterocycles. The van der Waals surface area contributed by atoms with Gasteiger partial charge in [0.15, 0.2) is 0 Å². The number of Topliss-reactive ketones (excluding diaryl/α,β-unsaturated/α-hetero) is 1. The van der Waals surface area contributed by atoms with Crippen LogP contribution in [0.4, 0.5) is 0 Å². The fourth-order valence-corrected chi connectivity index (χ4v) is 2.96. The smallest absolute Gasteiger partial charge is 0.303 e. The van der Waals surface area contributed by atoms with Gasteiger partial charge in [0.1, 0.15) is 10.1 Å². The number of rotatable bonds is 6. The van der Waals surface area contributed by atoms with Crippen molar-refractivity contribution in [3.8, 4) is 0 Å². The van der Waals surface area contributed by atoms with Gasteiger partial charge in [-0.15, -0.1) is 23.2 Å². The van der Waals surface area contributed by atoms with Crippen LogP contribution < -0.4 is 0 Å². The van der Waals surface area contributed by atoms with E-state index < -0.39 is 10.3 Å². The molecule has 2 atom stereocenters. The minimum Gasteiger partial charge on any atom is -0.481 e. The molecule has 3 nitrogen and oxygen atoms in total. The molecule has 1 aliphatic rings.